The van der Waals surface area contributed by atoms with Gasteiger partial charge in [-0.1, -0.05) is 30.3 Å². The average Bonchev–Trinajstić information content (AvgIpc) is 3.62. The molecule has 168 valence electrons. The zero-order valence-corrected chi connectivity index (χ0v) is 17.2. The third-order valence-corrected chi connectivity index (χ3v) is 6.80. The molecule has 1 aliphatic rings. The molecule has 1 aliphatic carbocycles. The monoisotopic (exact) mass is 457 g/mol. The number of alkyl halides is 3. The van der Waals surface area contributed by atoms with Crippen LogP contribution in [0.2, 0.25) is 0 Å². The van der Waals surface area contributed by atoms with E-state index in [4.69, 9.17) is 0 Å². The number of aliphatic hydroxyl groups excluding tert-OH is 1. The first-order valence-electron chi connectivity index (χ1n) is 9.57. The van der Waals surface area contributed by atoms with Crippen LogP contribution in [-0.4, -0.2) is 48.8 Å². The van der Waals surface area contributed by atoms with E-state index in [0.29, 0.717) is 18.5 Å². The number of hydrogen-bond acceptors (Lipinski definition) is 5. The fraction of sp³-hybridized carbons (Fsp3) is 0.400. The lowest BCUT2D eigenvalue weighted by atomic mass is 9.99. The van der Waals surface area contributed by atoms with E-state index in [2.05, 4.69) is 9.71 Å². The number of benzene rings is 1. The van der Waals surface area contributed by atoms with Gasteiger partial charge in [-0.05, 0) is 30.0 Å². The summed E-state index contributed by atoms with van der Waals surface area (Å²) in [6.45, 7) is -1.11. The van der Waals surface area contributed by atoms with Gasteiger partial charge in [0.2, 0.25) is 10.0 Å². The zero-order chi connectivity index (χ0) is 22.6. The van der Waals surface area contributed by atoms with E-state index in [1.165, 1.54) is 12.1 Å². The molecule has 2 atom stereocenters. The maximum absolute atomic E-state index is 13.1. The second kappa shape index (κ2) is 9.75. The normalized spacial score (nSPS) is 16.2. The number of carbonyl (C=O) groups is 1. The van der Waals surface area contributed by atoms with Gasteiger partial charge >= 0.3 is 6.43 Å². The van der Waals surface area contributed by atoms with Crippen LogP contribution in [-0.2, 0) is 21.4 Å². The van der Waals surface area contributed by atoms with Crippen LogP contribution in [0.25, 0.3) is 11.1 Å². The lowest BCUT2D eigenvalue weighted by Gasteiger charge is -2.22. The second-order valence-corrected chi connectivity index (χ2v) is 9.29. The Bertz CT molecular complexity index is 997. The van der Waals surface area contributed by atoms with E-state index in [-0.39, 0.29) is 17.4 Å². The van der Waals surface area contributed by atoms with Gasteiger partial charge < -0.3 is 10.4 Å². The Morgan fingerprint density at radius 2 is 1.77 bits per heavy atom. The summed E-state index contributed by atoms with van der Waals surface area (Å²) < 4.78 is 64.1. The SMILES string of the molecule is O=C(N[C@H](CF)[C@H](O)c1ccc(-c2ccc(CNS(=O)(=O)C3CC3)nc2)cc1)C(F)F. The first-order valence-corrected chi connectivity index (χ1v) is 11.1. The molecular formula is C20H22F3N3O4S. The standard InChI is InChI=1S/C20H22F3N3O4S/c21-9-17(26-20(28)19(22)23)18(27)13-3-1-12(2-4-13)14-5-6-15(24-10-14)11-25-31(29,30)16-7-8-16/h1-6,10,16-19,25,27H,7-9,11H2,(H,26,28)/t17-,18-/m1/s1. The second-order valence-electron chi connectivity index (χ2n) is 7.24. The Balaban J connectivity index is 1.63. The Kier molecular flexibility index (Phi) is 7.29. The molecular weight excluding hydrogens is 435 g/mol. The van der Waals surface area contributed by atoms with Crippen LogP contribution < -0.4 is 10.0 Å². The van der Waals surface area contributed by atoms with Gasteiger partial charge in [-0.2, -0.15) is 8.78 Å². The maximum atomic E-state index is 13.1. The molecule has 1 heterocycles. The van der Waals surface area contributed by atoms with Gasteiger partial charge in [0.25, 0.3) is 5.91 Å². The van der Waals surface area contributed by atoms with Crippen molar-refractivity contribution in [3.8, 4) is 11.1 Å². The van der Waals surface area contributed by atoms with E-state index in [1.807, 2.05) is 0 Å². The van der Waals surface area contributed by atoms with Crippen molar-refractivity contribution in [2.24, 2.45) is 0 Å². The van der Waals surface area contributed by atoms with E-state index < -0.39 is 41.2 Å². The molecule has 3 rings (SSSR count). The van der Waals surface area contributed by atoms with Crippen LogP contribution in [0, 0.1) is 0 Å². The predicted octanol–water partition coefficient (Wildman–Crippen LogP) is 2.08. The van der Waals surface area contributed by atoms with Gasteiger partial charge in [-0.15, -0.1) is 0 Å². The molecule has 0 spiro atoms. The summed E-state index contributed by atoms with van der Waals surface area (Å²) in [6, 6.07) is 8.21. The Hall–Kier alpha value is -2.50. The maximum Gasteiger partial charge on any atom is 0.315 e. The molecule has 0 aliphatic heterocycles. The molecule has 1 saturated carbocycles. The minimum absolute atomic E-state index is 0.0964. The number of aromatic nitrogens is 1. The molecule has 1 fully saturated rings. The van der Waals surface area contributed by atoms with Crippen LogP contribution in [0.3, 0.4) is 0 Å². The zero-order valence-electron chi connectivity index (χ0n) is 16.3. The van der Waals surface area contributed by atoms with Crippen molar-refractivity contribution in [1.82, 2.24) is 15.0 Å². The molecule has 3 N–H and O–H groups in total. The van der Waals surface area contributed by atoms with Crippen LogP contribution in [0.5, 0.6) is 0 Å². The topological polar surface area (TPSA) is 108 Å². The van der Waals surface area contributed by atoms with Gasteiger partial charge in [-0.3, -0.25) is 9.78 Å². The average molecular weight is 457 g/mol. The van der Waals surface area contributed by atoms with E-state index in [0.717, 1.165) is 11.1 Å². The molecule has 0 bridgehead atoms. The molecule has 7 nitrogen and oxygen atoms in total. The third-order valence-electron chi connectivity index (χ3n) is 4.90. The summed E-state index contributed by atoms with van der Waals surface area (Å²) in [5, 5.41) is 11.7. The highest BCUT2D eigenvalue weighted by Gasteiger charge is 2.35. The van der Waals surface area contributed by atoms with E-state index in [9.17, 15) is 31.5 Å². The highest BCUT2D eigenvalue weighted by Crippen LogP contribution is 2.27. The van der Waals surface area contributed by atoms with Crippen LogP contribution in [0.4, 0.5) is 13.2 Å². The molecule has 31 heavy (non-hydrogen) atoms. The van der Waals surface area contributed by atoms with Gasteiger partial charge in [0, 0.05) is 11.8 Å². The van der Waals surface area contributed by atoms with Crippen LogP contribution in [0.1, 0.15) is 30.2 Å². The number of aliphatic hydroxyl groups is 1. The fourth-order valence-electron chi connectivity index (χ4n) is 2.92. The summed E-state index contributed by atoms with van der Waals surface area (Å²) in [4.78, 5) is 15.3. The molecule has 0 saturated heterocycles. The quantitative estimate of drug-likeness (QED) is 0.506. The van der Waals surface area contributed by atoms with Gasteiger partial charge in [0.1, 0.15) is 12.8 Å². The Labute approximate surface area is 177 Å². The minimum atomic E-state index is -3.30. The van der Waals surface area contributed by atoms with E-state index >= 15 is 0 Å². The van der Waals surface area contributed by atoms with Crippen molar-refractivity contribution in [1.29, 1.82) is 0 Å². The molecule has 2 aromatic rings. The van der Waals surface area contributed by atoms with Gasteiger partial charge in [-0.25, -0.2) is 17.5 Å². The summed E-state index contributed by atoms with van der Waals surface area (Å²) in [7, 11) is -3.29. The fourth-order valence-corrected chi connectivity index (χ4v) is 4.26. The summed E-state index contributed by atoms with van der Waals surface area (Å²) >= 11 is 0. The van der Waals surface area contributed by atoms with Gasteiger partial charge in [0.15, 0.2) is 0 Å². The smallest absolute Gasteiger partial charge is 0.315 e. The number of carbonyl (C=O) groups excluding carboxylic acids is 1. The first-order chi connectivity index (χ1) is 14.7. The lowest BCUT2D eigenvalue weighted by molar-refractivity contribution is -0.133. The number of pyridine rings is 1. The number of rotatable bonds is 10. The largest absolute Gasteiger partial charge is 0.386 e. The van der Waals surface area contributed by atoms with Crippen molar-refractivity contribution in [2.75, 3.05) is 6.67 Å². The van der Waals surface area contributed by atoms with Crippen molar-refractivity contribution in [3.63, 3.8) is 0 Å². The summed E-state index contributed by atoms with van der Waals surface area (Å²) in [5.74, 6) is -1.65. The number of nitrogens with one attached hydrogen (secondary N) is 2. The molecule has 0 radical (unpaired) electrons. The van der Waals surface area contributed by atoms with Crippen molar-refractivity contribution < 1.29 is 31.5 Å². The van der Waals surface area contributed by atoms with Crippen LogP contribution >= 0.6 is 0 Å². The number of hydrogen-bond donors (Lipinski definition) is 3. The highest BCUT2D eigenvalue weighted by atomic mass is 32.2. The minimum Gasteiger partial charge on any atom is -0.386 e. The Morgan fingerprint density at radius 1 is 1.13 bits per heavy atom. The Morgan fingerprint density at radius 3 is 2.29 bits per heavy atom. The molecule has 1 amide bonds. The number of halogens is 3. The number of sulfonamides is 1. The number of nitrogens with zero attached hydrogens (tertiary/aromatic N) is 1. The molecule has 11 heteroatoms. The molecule has 1 aromatic heterocycles. The van der Waals surface area contributed by atoms with Crippen molar-refractivity contribution in [3.05, 3.63) is 53.9 Å². The first kappa shape index (κ1) is 23.2. The third kappa shape index (κ3) is 6.02. The van der Waals surface area contributed by atoms with E-state index in [1.54, 1.807) is 35.8 Å². The summed E-state index contributed by atoms with van der Waals surface area (Å²) in [5.41, 5.74) is 2.26. The predicted molar refractivity (Wildman–Crippen MR) is 107 cm³/mol. The number of amides is 1. The lowest BCUT2D eigenvalue weighted by Crippen LogP contribution is -2.43. The van der Waals surface area contributed by atoms with Gasteiger partial charge in [0.05, 0.1) is 23.5 Å². The van der Waals surface area contributed by atoms with Crippen LogP contribution in [0.15, 0.2) is 42.6 Å². The molecule has 0 unspecified atom stereocenters. The van der Waals surface area contributed by atoms with Crippen molar-refractivity contribution in [2.45, 2.75) is 43.2 Å². The van der Waals surface area contributed by atoms with Crippen molar-refractivity contribution >= 4 is 15.9 Å². The highest BCUT2D eigenvalue weighted by molar-refractivity contribution is 7.90. The molecule has 1 aromatic carbocycles. The summed E-state index contributed by atoms with van der Waals surface area (Å²) in [6.07, 6.45) is -1.88.